The zero-order chi connectivity index (χ0) is 7.28. The van der Waals surface area contributed by atoms with Gasteiger partial charge in [-0.25, -0.2) is 0 Å². The van der Waals surface area contributed by atoms with Crippen LogP contribution < -0.4 is 0 Å². The molecule has 0 aliphatic rings. The molecule has 54 valence electrons. The molecule has 0 spiro atoms. The lowest BCUT2D eigenvalue weighted by atomic mass is 10.2. The van der Waals surface area contributed by atoms with Crippen LogP contribution in [-0.4, -0.2) is 21.4 Å². The van der Waals surface area contributed by atoms with E-state index in [4.69, 9.17) is 5.11 Å². The van der Waals surface area contributed by atoms with E-state index in [0.717, 1.165) is 0 Å². The number of aliphatic hydroxyl groups is 1. The first-order valence-electron chi connectivity index (χ1n) is 2.90. The normalized spacial score (nSPS) is 13.2. The van der Waals surface area contributed by atoms with Crippen LogP contribution in [0.4, 0.5) is 0 Å². The number of carbonyl (C=O) groups excluding carboxylic acids is 1. The highest BCUT2D eigenvalue weighted by molar-refractivity contribution is 14.1. The molecular formula is C6H11IO2. The highest BCUT2D eigenvalue weighted by Gasteiger charge is 2.01. The van der Waals surface area contributed by atoms with E-state index in [9.17, 15) is 4.79 Å². The quantitative estimate of drug-likeness (QED) is 0.593. The Labute approximate surface area is 68.8 Å². The summed E-state index contributed by atoms with van der Waals surface area (Å²) < 4.78 is 0.713. The third-order valence-electron chi connectivity index (χ3n) is 1.01. The van der Waals surface area contributed by atoms with Crippen molar-refractivity contribution < 1.29 is 9.90 Å². The predicted octanol–water partition coefficient (Wildman–Crippen LogP) is 1.15. The van der Waals surface area contributed by atoms with Crippen molar-refractivity contribution in [2.45, 2.75) is 25.9 Å². The lowest BCUT2D eigenvalue weighted by Crippen LogP contribution is -2.09. The fraction of sp³-hybridized carbons (Fsp3) is 0.833. The summed E-state index contributed by atoms with van der Waals surface area (Å²) in [6.07, 6.45) is 0.817. The summed E-state index contributed by atoms with van der Waals surface area (Å²) in [4.78, 5) is 10.4. The number of carbonyl (C=O) groups is 1. The van der Waals surface area contributed by atoms with E-state index in [1.807, 2.05) is 0 Å². The fourth-order valence-corrected chi connectivity index (χ4v) is 0.887. The Bertz CT molecular complexity index is 93.1. The lowest BCUT2D eigenvalue weighted by molar-refractivity contribution is -0.117. The van der Waals surface area contributed by atoms with Gasteiger partial charge >= 0.3 is 0 Å². The molecule has 0 radical (unpaired) electrons. The molecule has 0 saturated carbocycles. The fourth-order valence-electron chi connectivity index (χ4n) is 0.447. The van der Waals surface area contributed by atoms with Gasteiger partial charge in [0, 0.05) is 10.8 Å². The van der Waals surface area contributed by atoms with Crippen LogP contribution in [0.3, 0.4) is 0 Å². The summed E-state index contributed by atoms with van der Waals surface area (Å²) in [6.45, 7) is 1.54. The lowest BCUT2D eigenvalue weighted by Gasteiger charge is -2.02. The van der Waals surface area contributed by atoms with Crippen LogP contribution in [-0.2, 0) is 4.79 Å². The number of alkyl halides is 1. The van der Waals surface area contributed by atoms with Crippen molar-refractivity contribution in [1.29, 1.82) is 0 Å². The molecule has 0 aliphatic carbocycles. The van der Waals surface area contributed by atoms with Crippen LogP contribution >= 0.6 is 22.6 Å². The van der Waals surface area contributed by atoms with Crippen molar-refractivity contribution >= 4 is 28.4 Å². The number of hydrogen-bond donors (Lipinski definition) is 1. The van der Waals surface area contributed by atoms with Gasteiger partial charge in [0.15, 0.2) is 0 Å². The summed E-state index contributed by atoms with van der Waals surface area (Å²) in [6, 6.07) is 0. The number of Topliss-reactive ketones (excluding diaryl/α,β-unsaturated/α-hetero) is 1. The largest absolute Gasteiger partial charge is 0.392 e. The molecule has 2 nitrogen and oxygen atoms in total. The molecule has 9 heavy (non-hydrogen) atoms. The smallest absolute Gasteiger partial charge is 0.129 e. The van der Waals surface area contributed by atoms with E-state index in [2.05, 4.69) is 22.6 Å². The van der Waals surface area contributed by atoms with Gasteiger partial charge in [-0.05, 0) is 13.3 Å². The van der Waals surface area contributed by atoms with E-state index in [0.29, 0.717) is 17.3 Å². The highest BCUT2D eigenvalue weighted by atomic mass is 127. The van der Waals surface area contributed by atoms with Gasteiger partial charge in [0.2, 0.25) is 0 Å². The Kier molecular flexibility index (Phi) is 5.38. The average molecular weight is 242 g/mol. The maximum atomic E-state index is 10.4. The standard InChI is InChI=1S/C6H11IO2/c1-5(8)2-3-6(9)4-7/h6,9H,2-4H2,1H3. The van der Waals surface area contributed by atoms with Gasteiger partial charge in [-0.15, -0.1) is 0 Å². The molecule has 0 aliphatic heterocycles. The molecule has 3 heteroatoms. The van der Waals surface area contributed by atoms with Crippen molar-refractivity contribution in [1.82, 2.24) is 0 Å². The van der Waals surface area contributed by atoms with Crippen molar-refractivity contribution in [2.75, 3.05) is 4.43 Å². The maximum Gasteiger partial charge on any atom is 0.129 e. The van der Waals surface area contributed by atoms with Gasteiger partial charge in [0.25, 0.3) is 0 Å². The zero-order valence-corrected chi connectivity index (χ0v) is 7.59. The van der Waals surface area contributed by atoms with Gasteiger partial charge in [0.05, 0.1) is 6.10 Å². The second kappa shape index (κ2) is 5.17. The molecule has 0 amide bonds. The molecule has 0 aromatic heterocycles. The molecule has 0 aromatic rings. The van der Waals surface area contributed by atoms with Gasteiger partial charge in [0.1, 0.15) is 5.78 Å². The molecule has 1 atom stereocenters. The summed E-state index contributed by atoms with van der Waals surface area (Å²) in [5.74, 6) is 0.152. The Balaban J connectivity index is 3.16. The first-order valence-corrected chi connectivity index (χ1v) is 4.43. The third kappa shape index (κ3) is 6.24. The van der Waals surface area contributed by atoms with Crippen LogP contribution in [0.1, 0.15) is 19.8 Å². The van der Waals surface area contributed by atoms with Crippen LogP contribution in [0.2, 0.25) is 0 Å². The van der Waals surface area contributed by atoms with Gasteiger partial charge in [-0.1, -0.05) is 22.6 Å². The summed E-state index contributed by atoms with van der Waals surface area (Å²) in [7, 11) is 0. The van der Waals surface area contributed by atoms with Gasteiger partial charge in [-0.2, -0.15) is 0 Å². The zero-order valence-electron chi connectivity index (χ0n) is 5.43. The second-order valence-electron chi connectivity index (χ2n) is 2.05. The van der Waals surface area contributed by atoms with E-state index < -0.39 is 0 Å². The van der Waals surface area contributed by atoms with Crippen molar-refractivity contribution in [3.63, 3.8) is 0 Å². The molecule has 0 rings (SSSR count). The Hall–Kier alpha value is 0.360. The minimum atomic E-state index is -0.297. The summed E-state index contributed by atoms with van der Waals surface area (Å²) >= 11 is 2.10. The highest BCUT2D eigenvalue weighted by Crippen LogP contribution is 2.00. The van der Waals surface area contributed by atoms with Crippen LogP contribution in [0.25, 0.3) is 0 Å². The molecule has 0 bridgehead atoms. The van der Waals surface area contributed by atoms with Crippen molar-refractivity contribution in [3.8, 4) is 0 Å². The first kappa shape index (κ1) is 9.36. The number of halogens is 1. The van der Waals surface area contributed by atoms with Crippen molar-refractivity contribution in [3.05, 3.63) is 0 Å². The first-order chi connectivity index (χ1) is 4.16. The Morgan fingerprint density at radius 2 is 2.33 bits per heavy atom. The molecule has 1 N–H and O–H groups in total. The molecule has 0 heterocycles. The van der Waals surface area contributed by atoms with E-state index >= 15 is 0 Å². The average Bonchev–Trinajstić information content (AvgIpc) is 1.83. The monoisotopic (exact) mass is 242 g/mol. The number of aliphatic hydroxyl groups excluding tert-OH is 1. The van der Waals surface area contributed by atoms with E-state index in [1.165, 1.54) is 0 Å². The predicted molar refractivity (Wildman–Crippen MR) is 44.8 cm³/mol. The van der Waals surface area contributed by atoms with Crippen LogP contribution in [0, 0.1) is 0 Å². The van der Waals surface area contributed by atoms with Crippen molar-refractivity contribution in [2.24, 2.45) is 0 Å². The van der Waals surface area contributed by atoms with Crippen LogP contribution in [0.5, 0.6) is 0 Å². The topological polar surface area (TPSA) is 37.3 Å². The number of rotatable bonds is 4. The Morgan fingerprint density at radius 3 is 2.67 bits per heavy atom. The summed E-state index contributed by atoms with van der Waals surface area (Å²) in [5.41, 5.74) is 0. The Morgan fingerprint density at radius 1 is 1.78 bits per heavy atom. The van der Waals surface area contributed by atoms with E-state index in [-0.39, 0.29) is 11.9 Å². The molecule has 0 saturated heterocycles. The molecule has 1 unspecified atom stereocenters. The SMILES string of the molecule is CC(=O)CCC(O)CI. The summed E-state index contributed by atoms with van der Waals surface area (Å²) in [5, 5.41) is 8.95. The third-order valence-corrected chi connectivity index (χ3v) is 2.02. The van der Waals surface area contributed by atoms with Gasteiger partial charge in [-0.3, -0.25) is 0 Å². The molecule has 0 fully saturated rings. The van der Waals surface area contributed by atoms with Gasteiger partial charge < -0.3 is 9.90 Å². The number of ketones is 1. The minimum absolute atomic E-state index is 0.152. The number of hydrogen-bond acceptors (Lipinski definition) is 2. The molecule has 0 aromatic carbocycles. The minimum Gasteiger partial charge on any atom is -0.392 e. The van der Waals surface area contributed by atoms with Crippen LogP contribution in [0.15, 0.2) is 0 Å². The molecular weight excluding hydrogens is 231 g/mol. The second-order valence-corrected chi connectivity index (χ2v) is 2.93. The van der Waals surface area contributed by atoms with E-state index in [1.54, 1.807) is 6.92 Å². The maximum absolute atomic E-state index is 10.4.